The molecule has 2 aliphatic heterocycles. The topological polar surface area (TPSA) is 115 Å². The number of fused-ring (bicyclic) bond motifs is 1. The smallest absolute Gasteiger partial charge is 0.254 e. The number of carbonyl (C=O) groups is 2. The van der Waals surface area contributed by atoms with E-state index in [2.05, 4.69) is 10.3 Å². The van der Waals surface area contributed by atoms with Crippen molar-refractivity contribution >= 4 is 28.5 Å². The van der Waals surface area contributed by atoms with E-state index < -0.39 is 0 Å². The van der Waals surface area contributed by atoms with Crippen LogP contribution in [0.15, 0.2) is 42.6 Å². The van der Waals surface area contributed by atoms with Crippen molar-refractivity contribution in [2.75, 3.05) is 32.0 Å². The second-order valence-electron chi connectivity index (χ2n) is 8.39. The number of nitrogens with one attached hydrogen (secondary N) is 1. The van der Waals surface area contributed by atoms with Crippen LogP contribution in [0.25, 0.3) is 10.9 Å². The summed E-state index contributed by atoms with van der Waals surface area (Å²) in [6.07, 6.45) is 3.22. The average molecular weight is 435 g/mol. The number of anilines is 1. The molecule has 1 aromatic carbocycles. The van der Waals surface area contributed by atoms with Crippen molar-refractivity contribution in [3.63, 3.8) is 0 Å². The lowest BCUT2D eigenvalue weighted by Gasteiger charge is -2.38. The van der Waals surface area contributed by atoms with Gasteiger partial charge >= 0.3 is 0 Å². The van der Waals surface area contributed by atoms with Crippen LogP contribution in [0.4, 0.5) is 5.82 Å². The quantitative estimate of drug-likeness (QED) is 0.630. The summed E-state index contributed by atoms with van der Waals surface area (Å²) in [5.41, 5.74) is 8.10. The van der Waals surface area contributed by atoms with Crippen molar-refractivity contribution in [3.05, 3.63) is 53.9 Å². The van der Waals surface area contributed by atoms with Gasteiger partial charge in [0.25, 0.3) is 5.91 Å². The Morgan fingerprint density at radius 2 is 1.94 bits per heavy atom. The maximum atomic E-state index is 12.7. The minimum absolute atomic E-state index is 0.0441. The second-order valence-corrected chi connectivity index (χ2v) is 8.39. The molecule has 0 saturated carbocycles. The van der Waals surface area contributed by atoms with Crippen molar-refractivity contribution in [3.8, 4) is 0 Å². The summed E-state index contributed by atoms with van der Waals surface area (Å²) in [5, 5.41) is 8.91. The highest BCUT2D eigenvalue weighted by atomic mass is 16.5. The van der Waals surface area contributed by atoms with Crippen LogP contribution in [-0.2, 0) is 16.1 Å². The van der Waals surface area contributed by atoms with Gasteiger partial charge in [-0.25, -0.2) is 4.98 Å². The van der Waals surface area contributed by atoms with Gasteiger partial charge in [-0.15, -0.1) is 0 Å². The Labute approximate surface area is 185 Å². The summed E-state index contributed by atoms with van der Waals surface area (Å²) >= 11 is 0. The third kappa shape index (κ3) is 4.03. The van der Waals surface area contributed by atoms with Crippen molar-refractivity contribution in [2.45, 2.75) is 31.3 Å². The first-order chi connectivity index (χ1) is 15.6. The van der Waals surface area contributed by atoms with Gasteiger partial charge in [-0.05, 0) is 31.0 Å². The standard InChI is InChI=1S/C23H26N6O3/c24-20-11-15(5-8-25-20)23(31)28-12-16(13-28)22-18-3-1-2-4-19(18)29(27-22)14-21(30)26-17-6-9-32-10-7-17/h1-5,8,11,16-17H,6-7,9-10,12-14H2,(H2,24,25)(H,26,30). The van der Waals surface area contributed by atoms with Crippen molar-refractivity contribution in [1.82, 2.24) is 25.0 Å². The van der Waals surface area contributed by atoms with E-state index in [-0.39, 0.29) is 30.3 Å². The summed E-state index contributed by atoms with van der Waals surface area (Å²) in [4.78, 5) is 31.1. The minimum atomic E-state index is -0.0603. The van der Waals surface area contributed by atoms with Crippen LogP contribution in [0.2, 0.25) is 0 Å². The van der Waals surface area contributed by atoms with Gasteiger partial charge in [-0.1, -0.05) is 18.2 Å². The van der Waals surface area contributed by atoms with Crippen LogP contribution in [0.1, 0.15) is 34.8 Å². The Hall–Kier alpha value is -3.46. The van der Waals surface area contributed by atoms with Gasteiger partial charge in [0, 0.05) is 55.4 Å². The number of nitrogen functional groups attached to an aromatic ring is 1. The molecule has 4 heterocycles. The van der Waals surface area contributed by atoms with Gasteiger partial charge in [-0.2, -0.15) is 5.10 Å². The van der Waals surface area contributed by atoms with Gasteiger partial charge in [0.05, 0.1) is 11.2 Å². The Morgan fingerprint density at radius 1 is 1.16 bits per heavy atom. The minimum Gasteiger partial charge on any atom is -0.384 e. The summed E-state index contributed by atoms with van der Waals surface area (Å²) in [6.45, 7) is 2.70. The molecular weight excluding hydrogens is 408 g/mol. The van der Waals surface area contributed by atoms with E-state index in [0.29, 0.717) is 37.7 Å². The number of aromatic nitrogens is 3. The number of hydrogen-bond donors (Lipinski definition) is 2. The molecule has 0 unspecified atom stereocenters. The zero-order valence-corrected chi connectivity index (χ0v) is 17.7. The highest BCUT2D eigenvalue weighted by Crippen LogP contribution is 2.32. The molecule has 3 N–H and O–H groups in total. The summed E-state index contributed by atoms with van der Waals surface area (Å²) in [7, 11) is 0. The zero-order chi connectivity index (χ0) is 22.1. The van der Waals surface area contributed by atoms with Gasteiger partial charge in [0.15, 0.2) is 0 Å². The van der Waals surface area contributed by atoms with Gasteiger partial charge in [-0.3, -0.25) is 14.3 Å². The Morgan fingerprint density at radius 3 is 2.72 bits per heavy atom. The van der Waals surface area contributed by atoms with E-state index in [0.717, 1.165) is 29.4 Å². The first kappa shape index (κ1) is 20.4. The highest BCUT2D eigenvalue weighted by Gasteiger charge is 2.35. The highest BCUT2D eigenvalue weighted by molar-refractivity contribution is 5.95. The first-order valence-corrected chi connectivity index (χ1v) is 10.9. The predicted molar refractivity (Wildman–Crippen MR) is 119 cm³/mol. The number of nitrogens with two attached hydrogens (primary N) is 1. The van der Waals surface area contributed by atoms with E-state index in [9.17, 15) is 9.59 Å². The molecular formula is C23H26N6O3. The number of carbonyl (C=O) groups excluding carboxylic acids is 2. The van der Waals surface area contributed by atoms with Crippen LogP contribution in [-0.4, -0.2) is 63.8 Å². The van der Waals surface area contributed by atoms with Crippen molar-refractivity contribution < 1.29 is 14.3 Å². The molecule has 0 radical (unpaired) electrons. The fourth-order valence-electron chi connectivity index (χ4n) is 4.41. The maximum absolute atomic E-state index is 12.7. The summed E-state index contributed by atoms with van der Waals surface area (Å²) in [5.74, 6) is 0.354. The zero-order valence-electron chi connectivity index (χ0n) is 17.7. The van der Waals surface area contributed by atoms with Gasteiger partial charge in [0.2, 0.25) is 5.91 Å². The lowest BCUT2D eigenvalue weighted by molar-refractivity contribution is -0.123. The molecule has 3 aromatic rings. The third-order valence-corrected chi connectivity index (χ3v) is 6.15. The van der Waals surface area contributed by atoms with Crippen LogP contribution in [0.3, 0.4) is 0 Å². The van der Waals surface area contributed by atoms with Crippen LogP contribution in [0.5, 0.6) is 0 Å². The molecule has 0 aliphatic carbocycles. The van der Waals surface area contributed by atoms with E-state index >= 15 is 0 Å². The molecule has 0 spiro atoms. The van der Waals surface area contributed by atoms with E-state index in [4.69, 9.17) is 15.6 Å². The van der Waals surface area contributed by atoms with E-state index in [1.807, 2.05) is 24.3 Å². The van der Waals surface area contributed by atoms with Crippen LogP contribution in [0, 0.1) is 0 Å². The first-order valence-electron chi connectivity index (χ1n) is 10.9. The lowest BCUT2D eigenvalue weighted by Crippen LogP contribution is -2.48. The number of amides is 2. The Kier molecular flexibility index (Phi) is 5.48. The van der Waals surface area contributed by atoms with Crippen molar-refractivity contribution in [2.24, 2.45) is 0 Å². The van der Waals surface area contributed by atoms with Crippen LogP contribution < -0.4 is 11.1 Å². The lowest BCUT2D eigenvalue weighted by atomic mass is 9.93. The number of para-hydroxylation sites is 1. The molecule has 0 atom stereocenters. The normalized spacial score (nSPS) is 17.3. The number of ether oxygens (including phenoxy) is 1. The SMILES string of the molecule is Nc1cc(C(=O)N2CC(c3nn(CC(=O)NC4CCOCC4)c4ccccc34)C2)ccn1. The van der Waals surface area contributed by atoms with Gasteiger partial charge < -0.3 is 20.7 Å². The van der Waals surface area contributed by atoms with Crippen molar-refractivity contribution in [1.29, 1.82) is 0 Å². The number of rotatable bonds is 5. The predicted octanol–water partition coefficient (Wildman–Crippen LogP) is 1.55. The monoisotopic (exact) mass is 434 g/mol. The molecule has 5 rings (SSSR count). The molecule has 2 aromatic heterocycles. The summed E-state index contributed by atoms with van der Waals surface area (Å²) < 4.78 is 7.13. The molecule has 166 valence electrons. The molecule has 2 amide bonds. The number of hydrogen-bond acceptors (Lipinski definition) is 6. The molecule has 32 heavy (non-hydrogen) atoms. The average Bonchev–Trinajstić information content (AvgIpc) is 3.11. The van der Waals surface area contributed by atoms with Gasteiger partial charge in [0.1, 0.15) is 12.4 Å². The van der Waals surface area contributed by atoms with E-state index in [1.165, 1.54) is 0 Å². The molecule has 9 heteroatoms. The molecule has 2 saturated heterocycles. The largest absolute Gasteiger partial charge is 0.384 e. The van der Waals surface area contributed by atoms with E-state index in [1.54, 1.807) is 27.9 Å². The third-order valence-electron chi connectivity index (χ3n) is 6.15. The Balaban J connectivity index is 1.29. The number of benzene rings is 1. The summed E-state index contributed by atoms with van der Waals surface area (Å²) in [6, 6.07) is 11.4. The number of likely N-dealkylation sites (tertiary alicyclic amines) is 1. The molecule has 2 fully saturated rings. The number of pyridine rings is 1. The number of nitrogens with zero attached hydrogens (tertiary/aromatic N) is 4. The molecule has 0 bridgehead atoms. The maximum Gasteiger partial charge on any atom is 0.254 e. The Bertz CT molecular complexity index is 1150. The molecule has 2 aliphatic rings. The fraction of sp³-hybridized carbons (Fsp3) is 0.391. The molecule has 9 nitrogen and oxygen atoms in total. The second kappa shape index (κ2) is 8.58. The fourth-order valence-corrected chi connectivity index (χ4v) is 4.41. The van der Waals surface area contributed by atoms with Crippen LogP contribution >= 0.6 is 0 Å².